The van der Waals surface area contributed by atoms with Gasteiger partial charge in [0.1, 0.15) is 6.42 Å². The van der Waals surface area contributed by atoms with Crippen molar-refractivity contribution in [3.05, 3.63) is 41.2 Å². The summed E-state index contributed by atoms with van der Waals surface area (Å²) in [4.78, 5) is 37.9. The number of rotatable bonds is 5. The number of carbonyl (C=O) groups excluding carboxylic acids is 3. The summed E-state index contributed by atoms with van der Waals surface area (Å²) in [6.07, 6.45) is -0.0798. The molecule has 0 spiro atoms. The maximum Gasteiger partial charge on any atom is 0.313 e. The van der Waals surface area contributed by atoms with Gasteiger partial charge in [-0.25, -0.2) is 0 Å². The molecule has 0 radical (unpaired) electrons. The minimum absolute atomic E-state index is 0.0798. The standard InChI is InChI=1S/C14H13N5O4/c1-23-12(20)8-11-15-17-19(16-11)7-6-18-13(21)9-4-2-3-5-10(9)14(18)22/h2-5H,6-8H2,1H3. The van der Waals surface area contributed by atoms with E-state index in [2.05, 4.69) is 20.1 Å². The molecular weight excluding hydrogens is 302 g/mol. The van der Waals surface area contributed by atoms with Gasteiger partial charge in [-0.2, -0.15) is 4.80 Å². The summed E-state index contributed by atoms with van der Waals surface area (Å²) >= 11 is 0. The van der Waals surface area contributed by atoms with Gasteiger partial charge in [0.15, 0.2) is 5.82 Å². The molecule has 1 aromatic carbocycles. The average molecular weight is 315 g/mol. The number of methoxy groups -OCH3 is 1. The summed E-state index contributed by atoms with van der Waals surface area (Å²) < 4.78 is 4.52. The number of imide groups is 1. The lowest BCUT2D eigenvalue weighted by atomic mass is 10.1. The number of esters is 1. The number of amides is 2. The number of benzene rings is 1. The molecule has 1 aromatic heterocycles. The summed E-state index contributed by atoms with van der Waals surface area (Å²) in [6, 6.07) is 6.67. The van der Waals surface area contributed by atoms with Gasteiger partial charge < -0.3 is 4.74 Å². The highest BCUT2D eigenvalue weighted by atomic mass is 16.5. The molecule has 0 unspecified atom stereocenters. The summed E-state index contributed by atoms with van der Waals surface area (Å²) in [5, 5.41) is 11.5. The maximum absolute atomic E-state index is 12.2. The molecule has 2 aromatic rings. The van der Waals surface area contributed by atoms with Crippen molar-refractivity contribution in [3.63, 3.8) is 0 Å². The van der Waals surface area contributed by atoms with Crippen molar-refractivity contribution in [2.75, 3.05) is 13.7 Å². The molecular formula is C14H13N5O4. The number of tetrazole rings is 1. The van der Waals surface area contributed by atoms with Gasteiger partial charge in [0.2, 0.25) is 0 Å². The Morgan fingerprint density at radius 2 is 1.78 bits per heavy atom. The molecule has 0 N–H and O–H groups in total. The fraction of sp³-hybridized carbons (Fsp3) is 0.286. The van der Waals surface area contributed by atoms with Gasteiger partial charge in [0.25, 0.3) is 11.8 Å². The Hall–Kier alpha value is -3.10. The van der Waals surface area contributed by atoms with E-state index in [9.17, 15) is 14.4 Å². The van der Waals surface area contributed by atoms with Crippen molar-refractivity contribution in [1.29, 1.82) is 0 Å². The number of ether oxygens (including phenoxy) is 1. The van der Waals surface area contributed by atoms with Crippen LogP contribution in [-0.2, 0) is 22.5 Å². The molecule has 0 saturated carbocycles. The minimum atomic E-state index is -0.468. The quantitative estimate of drug-likeness (QED) is 0.550. The molecule has 9 nitrogen and oxygen atoms in total. The molecule has 0 fully saturated rings. The van der Waals surface area contributed by atoms with Crippen LogP contribution in [0.25, 0.3) is 0 Å². The molecule has 9 heteroatoms. The predicted molar refractivity (Wildman–Crippen MR) is 75.3 cm³/mol. The van der Waals surface area contributed by atoms with Crippen LogP contribution >= 0.6 is 0 Å². The van der Waals surface area contributed by atoms with Crippen LogP contribution in [0.5, 0.6) is 0 Å². The average Bonchev–Trinajstić information content (AvgIpc) is 3.10. The molecule has 2 amide bonds. The zero-order valence-corrected chi connectivity index (χ0v) is 12.3. The van der Waals surface area contributed by atoms with E-state index in [-0.39, 0.29) is 37.1 Å². The van der Waals surface area contributed by atoms with E-state index < -0.39 is 5.97 Å². The second-order valence-electron chi connectivity index (χ2n) is 4.86. The van der Waals surface area contributed by atoms with E-state index in [1.807, 2.05) is 0 Å². The Morgan fingerprint density at radius 3 is 2.39 bits per heavy atom. The van der Waals surface area contributed by atoms with E-state index in [4.69, 9.17) is 0 Å². The number of carbonyl (C=O) groups is 3. The lowest BCUT2D eigenvalue weighted by molar-refractivity contribution is -0.139. The molecule has 0 bridgehead atoms. The topological polar surface area (TPSA) is 107 Å². The molecule has 2 heterocycles. The van der Waals surface area contributed by atoms with Gasteiger partial charge in [-0.1, -0.05) is 12.1 Å². The van der Waals surface area contributed by atoms with Crippen LogP contribution in [0, 0.1) is 0 Å². The summed E-state index contributed by atoms with van der Waals surface area (Å²) in [5.74, 6) is -0.912. The van der Waals surface area contributed by atoms with Crippen molar-refractivity contribution in [3.8, 4) is 0 Å². The third-order valence-corrected chi connectivity index (χ3v) is 3.43. The van der Waals surface area contributed by atoms with Crippen molar-refractivity contribution in [2.24, 2.45) is 0 Å². The molecule has 1 aliphatic rings. The number of nitrogens with zero attached hydrogens (tertiary/aromatic N) is 5. The fourth-order valence-electron chi connectivity index (χ4n) is 2.27. The summed E-state index contributed by atoms with van der Waals surface area (Å²) in [7, 11) is 1.27. The van der Waals surface area contributed by atoms with Gasteiger partial charge in [-0.05, 0) is 17.3 Å². The molecule has 0 atom stereocenters. The monoisotopic (exact) mass is 315 g/mol. The van der Waals surface area contributed by atoms with Crippen molar-refractivity contribution in [1.82, 2.24) is 25.1 Å². The highest BCUT2D eigenvalue weighted by Gasteiger charge is 2.34. The molecule has 118 valence electrons. The van der Waals surface area contributed by atoms with Crippen molar-refractivity contribution < 1.29 is 19.1 Å². The first-order valence-corrected chi connectivity index (χ1v) is 6.89. The largest absolute Gasteiger partial charge is 0.469 e. The van der Waals surface area contributed by atoms with Crippen LogP contribution in [-0.4, -0.2) is 56.5 Å². The zero-order valence-electron chi connectivity index (χ0n) is 12.3. The highest BCUT2D eigenvalue weighted by molar-refractivity contribution is 6.21. The first-order chi connectivity index (χ1) is 11.1. The molecule has 23 heavy (non-hydrogen) atoms. The third-order valence-electron chi connectivity index (χ3n) is 3.43. The Bertz CT molecular complexity index is 750. The van der Waals surface area contributed by atoms with Crippen LogP contribution in [0.4, 0.5) is 0 Å². The Morgan fingerprint density at radius 1 is 1.13 bits per heavy atom. The number of hydrogen-bond donors (Lipinski definition) is 0. The van der Waals surface area contributed by atoms with Gasteiger partial charge >= 0.3 is 5.97 Å². The number of aromatic nitrogens is 4. The summed E-state index contributed by atoms with van der Waals surface area (Å²) in [5.41, 5.74) is 0.797. The van der Waals surface area contributed by atoms with E-state index in [1.54, 1.807) is 24.3 Å². The van der Waals surface area contributed by atoms with Gasteiger partial charge in [-0.3, -0.25) is 19.3 Å². The second-order valence-corrected chi connectivity index (χ2v) is 4.86. The van der Waals surface area contributed by atoms with Crippen molar-refractivity contribution >= 4 is 17.8 Å². The van der Waals surface area contributed by atoms with E-state index in [0.717, 1.165) is 4.90 Å². The molecule has 1 aliphatic heterocycles. The molecule has 0 saturated heterocycles. The third kappa shape index (κ3) is 2.80. The van der Waals surface area contributed by atoms with Crippen LogP contribution in [0.2, 0.25) is 0 Å². The highest BCUT2D eigenvalue weighted by Crippen LogP contribution is 2.21. The van der Waals surface area contributed by atoms with Crippen LogP contribution in [0.15, 0.2) is 24.3 Å². The second kappa shape index (κ2) is 5.95. The van der Waals surface area contributed by atoms with Gasteiger partial charge in [-0.15, -0.1) is 10.2 Å². The Labute approximate surface area is 130 Å². The number of fused-ring (bicyclic) bond motifs is 1. The first-order valence-electron chi connectivity index (χ1n) is 6.89. The molecule has 0 aliphatic carbocycles. The Balaban J connectivity index is 1.65. The zero-order chi connectivity index (χ0) is 16.4. The SMILES string of the molecule is COC(=O)Cc1nnn(CCN2C(=O)c3ccccc3C2=O)n1. The Kier molecular flexibility index (Phi) is 3.83. The lowest BCUT2D eigenvalue weighted by Crippen LogP contribution is -2.33. The van der Waals surface area contributed by atoms with E-state index in [1.165, 1.54) is 11.9 Å². The van der Waals surface area contributed by atoms with Gasteiger partial charge in [0, 0.05) is 0 Å². The summed E-state index contributed by atoms with van der Waals surface area (Å²) in [6.45, 7) is 0.319. The fourth-order valence-corrected chi connectivity index (χ4v) is 2.27. The van der Waals surface area contributed by atoms with E-state index >= 15 is 0 Å². The van der Waals surface area contributed by atoms with Gasteiger partial charge in [0.05, 0.1) is 31.3 Å². The predicted octanol–water partition coefficient (Wildman–Crippen LogP) is -0.315. The minimum Gasteiger partial charge on any atom is -0.469 e. The maximum atomic E-state index is 12.2. The first kappa shape index (κ1) is 14.8. The van der Waals surface area contributed by atoms with Crippen LogP contribution < -0.4 is 0 Å². The lowest BCUT2D eigenvalue weighted by Gasteiger charge is -2.12. The van der Waals surface area contributed by atoms with Crippen LogP contribution in [0.3, 0.4) is 0 Å². The van der Waals surface area contributed by atoms with Crippen LogP contribution in [0.1, 0.15) is 26.5 Å². The normalized spacial score (nSPS) is 13.3. The molecule has 3 rings (SSSR count). The van der Waals surface area contributed by atoms with Crippen molar-refractivity contribution in [2.45, 2.75) is 13.0 Å². The smallest absolute Gasteiger partial charge is 0.313 e. The number of hydrogen-bond acceptors (Lipinski definition) is 7. The van der Waals surface area contributed by atoms with E-state index in [0.29, 0.717) is 11.1 Å².